The van der Waals surface area contributed by atoms with Crippen molar-refractivity contribution in [3.05, 3.63) is 240 Å². The first-order chi connectivity index (χ1) is 28.5. The van der Waals surface area contributed by atoms with E-state index in [2.05, 4.69) is 220 Å². The highest BCUT2D eigenvalue weighted by atomic mass is 14.9. The Hall–Kier alpha value is -7.16. The van der Waals surface area contributed by atoms with Crippen LogP contribution in [0.4, 0.5) is 0 Å². The van der Waals surface area contributed by atoms with Crippen molar-refractivity contribution in [3.8, 4) is 67.3 Å². The van der Waals surface area contributed by atoms with Crippen molar-refractivity contribution in [2.75, 3.05) is 0 Å². The summed E-state index contributed by atoms with van der Waals surface area (Å²) >= 11 is 0. The zero-order valence-electron chi connectivity index (χ0n) is 32.5. The van der Waals surface area contributed by atoms with E-state index in [1.807, 2.05) is 0 Å². The Morgan fingerprint density at radius 1 is 0.310 bits per heavy atom. The van der Waals surface area contributed by atoms with Crippen molar-refractivity contribution in [2.45, 2.75) is 24.7 Å². The normalized spacial score (nSPS) is 14.0. The molecule has 1 aromatic heterocycles. The molecule has 2 nitrogen and oxygen atoms in total. The van der Waals surface area contributed by atoms with Crippen LogP contribution in [0, 0.1) is 0 Å². The Morgan fingerprint density at radius 3 is 1.36 bits per heavy atom. The van der Waals surface area contributed by atoms with Gasteiger partial charge in [-0.25, -0.2) is 9.97 Å². The van der Waals surface area contributed by atoms with Crippen LogP contribution >= 0.6 is 0 Å². The molecular formula is C56H40N2. The summed E-state index contributed by atoms with van der Waals surface area (Å²) in [5.41, 5.74) is 19.2. The minimum absolute atomic E-state index is 0.0904. The minimum Gasteiger partial charge on any atom is -0.228 e. The molecule has 11 rings (SSSR count). The molecule has 0 amide bonds. The maximum absolute atomic E-state index is 5.47. The van der Waals surface area contributed by atoms with E-state index in [-0.39, 0.29) is 5.41 Å². The van der Waals surface area contributed by atoms with Crippen LogP contribution in [0.3, 0.4) is 0 Å². The molecule has 0 N–H and O–H groups in total. The molecule has 274 valence electrons. The van der Waals surface area contributed by atoms with E-state index in [1.54, 1.807) is 0 Å². The summed E-state index contributed by atoms with van der Waals surface area (Å²) in [5, 5.41) is 0. The predicted molar refractivity (Wildman–Crippen MR) is 239 cm³/mol. The van der Waals surface area contributed by atoms with Crippen LogP contribution in [0.2, 0.25) is 0 Å². The molecule has 1 heterocycles. The maximum Gasteiger partial charge on any atom is 0.161 e. The average Bonchev–Trinajstić information content (AvgIpc) is 3.72. The number of fused-ring (bicyclic) bond motifs is 6. The summed E-state index contributed by atoms with van der Waals surface area (Å²) in [6.45, 7) is 4.69. The topological polar surface area (TPSA) is 25.8 Å². The molecule has 8 aromatic carbocycles. The molecular weight excluding hydrogens is 701 g/mol. The fourth-order valence-electron chi connectivity index (χ4n) is 9.88. The Kier molecular flexibility index (Phi) is 7.78. The lowest BCUT2D eigenvalue weighted by molar-refractivity contribution is 0.660. The predicted octanol–water partition coefficient (Wildman–Crippen LogP) is 13.8. The van der Waals surface area contributed by atoms with Crippen molar-refractivity contribution < 1.29 is 0 Å². The van der Waals surface area contributed by atoms with Crippen LogP contribution in [0.5, 0.6) is 0 Å². The molecule has 9 aromatic rings. The Balaban J connectivity index is 1.26. The van der Waals surface area contributed by atoms with Crippen molar-refractivity contribution >= 4 is 0 Å². The van der Waals surface area contributed by atoms with Gasteiger partial charge in [-0.1, -0.05) is 196 Å². The second-order valence-electron chi connectivity index (χ2n) is 16.1. The highest BCUT2D eigenvalue weighted by Crippen LogP contribution is 2.58. The highest BCUT2D eigenvalue weighted by molar-refractivity contribution is 5.96. The summed E-state index contributed by atoms with van der Waals surface area (Å²) in [7, 11) is 0. The summed E-state index contributed by atoms with van der Waals surface area (Å²) < 4.78 is 0. The molecule has 0 spiro atoms. The third kappa shape index (κ3) is 5.11. The van der Waals surface area contributed by atoms with Gasteiger partial charge in [0.05, 0.1) is 16.8 Å². The third-order valence-corrected chi connectivity index (χ3v) is 12.6. The monoisotopic (exact) mass is 740 g/mol. The Bertz CT molecular complexity index is 2910. The van der Waals surface area contributed by atoms with Crippen LogP contribution in [0.1, 0.15) is 47.2 Å². The molecule has 0 atom stereocenters. The fraction of sp³-hybridized carbons (Fsp3) is 0.0714. The zero-order valence-corrected chi connectivity index (χ0v) is 32.5. The Labute approximate surface area is 340 Å². The van der Waals surface area contributed by atoms with Crippen LogP contribution in [-0.2, 0) is 10.8 Å². The molecule has 0 fully saturated rings. The summed E-state index contributed by atoms with van der Waals surface area (Å²) in [6, 6.07) is 74.9. The van der Waals surface area contributed by atoms with Crippen molar-refractivity contribution in [1.82, 2.24) is 9.97 Å². The van der Waals surface area contributed by atoms with Crippen molar-refractivity contribution in [2.24, 2.45) is 0 Å². The molecule has 0 aliphatic heterocycles. The second kappa shape index (κ2) is 13.2. The van der Waals surface area contributed by atoms with Gasteiger partial charge in [-0.2, -0.15) is 0 Å². The van der Waals surface area contributed by atoms with Crippen LogP contribution in [0.25, 0.3) is 67.3 Å². The average molecular weight is 741 g/mol. The van der Waals surface area contributed by atoms with Gasteiger partial charge < -0.3 is 0 Å². The van der Waals surface area contributed by atoms with E-state index in [1.165, 1.54) is 55.6 Å². The number of benzene rings is 8. The van der Waals surface area contributed by atoms with E-state index < -0.39 is 5.41 Å². The van der Waals surface area contributed by atoms with Crippen LogP contribution in [-0.4, -0.2) is 9.97 Å². The zero-order chi connectivity index (χ0) is 38.8. The van der Waals surface area contributed by atoms with E-state index >= 15 is 0 Å². The summed E-state index contributed by atoms with van der Waals surface area (Å²) in [5.74, 6) is 0.699. The quantitative estimate of drug-likeness (QED) is 0.170. The number of hydrogen-bond donors (Lipinski definition) is 0. The van der Waals surface area contributed by atoms with Gasteiger partial charge in [0.25, 0.3) is 0 Å². The van der Waals surface area contributed by atoms with Gasteiger partial charge in [-0.3, -0.25) is 0 Å². The molecule has 2 aliphatic carbocycles. The smallest absolute Gasteiger partial charge is 0.161 e. The lowest BCUT2D eigenvalue weighted by atomic mass is 9.67. The first-order valence-electron chi connectivity index (χ1n) is 20.2. The van der Waals surface area contributed by atoms with Gasteiger partial charge in [0.1, 0.15) is 0 Å². The molecule has 2 heteroatoms. The van der Waals surface area contributed by atoms with Gasteiger partial charge in [0.2, 0.25) is 0 Å². The maximum atomic E-state index is 5.47. The molecule has 0 saturated heterocycles. The van der Waals surface area contributed by atoms with Gasteiger partial charge >= 0.3 is 0 Å². The molecule has 0 bridgehead atoms. The number of aromatic nitrogens is 2. The fourth-order valence-corrected chi connectivity index (χ4v) is 9.88. The number of hydrogen-bond acceptors (Lipinski definition) is 2. The third-order valence-electron chi connectivity index (χ3n) is 12.6. The lowest BCUT2D eigenvalue weighted by Gasteiger charge is -2.34. The highest BCUT2D eigenvalue weighted by Gasteiger charge is 2.47. The van der Waals surface area contributed by atoms with E-state index in [4.69, 9.17) is 9.97 Å². The molecule has 0 radical (unpaired) electrons. The second-order valence-corrected chi connectivity index (χ2v) is 16.1. The SMILES string of the molecule is CC1(C)c2ccccc2-c2cc(-c3cc4c(cc3-c3nc(-c5ccccc5)cc(-c5ccccc5)n3)C(c3ccccc3)(c3ccccc3)c3ccccc3-4)ccc21. The van der Waals surface area contributed by atoms with E-state index in [0.29, 0.717) is 5.82 Å². The first-order valence-corrected chi connectivity index (χ1v) is 20.2. The van der Waals surface area contributed by atoms with Crippen molar-refractivity contribution in [3.63, 3.8) is 0 Å². The van der Waals surface area contributed by atoms with E-state index in [9.17, 15) is 0 Å². The van der Waals surface area contributed by atoms with E-state index in [0.717, 1.165) is 39.2 Å². The number of rotatable bonds is 6. The summed E-state index contributed by atoms with van der Waals surface area (Å²) in [6.07, 6.45) is 0. The standard InChI is InChI=1S/C56H40N2/c1-55(2)48-29-17-15-27-42(48)45-33-39(31-32-49(45)55)44-34-46-43-28-16-18-30-50(43)56(40-23-11-5-12-24-40,41-25-13-6-14-26-41)51(46)35-47(44)54-57-52(37-19-7-3-8-20-37)36-53(58-54)38-21-9-4-10-22-38/h3-36H,1-2H3. The molecule has 0 unspecified atom stereocenters. The van der Waals surface area contributed by atoms with Crippen LogP contribution < -0.4 is 0 Å². The molecule has 0 saturated carbocycles. The van der Waals surface area contributed by atoms with Gasteiger partial charge in [-0.15, -0.1) is 0 Å². The van der Waals surface area contributed by atoms with Gasteiger partial charge in [0, 0.05) is 22.1 Å². The van der Waals surface area contributed by atoms with Gasteiger partial charge in [0.15, 0.2) is 5.82 Å². The molecule has 58 heavy (non-hydrogen) atoms. The van der Waals surface area contributed by atoms with Gasteiger partial charge in [-0.05, 0) is 91.0 Å². The minimum atomic E-state index is -0.568. The largest absolute Gasteiger partial charge is 0.228 e. The Morgan fingerprint density at radius 2 is 0.776 bits per heavy atom. The van der Waals surface area contributed by atoms with Crippen LogP contribution in [0.15, 0.2) is 206 Å². The lowest BCUT2D eigenvalue weighted by Crippen LogP contribution is -2.28. The number of nitrogens with zero attached hydrogens (tertiary/aromatic N) is 2. The van der Waals surface area contributed by atoms with Crippen molar-refractivity contribution in [1.29, 1.82) is 0 Å². The molecule has 2 aliphatic rings. The first kappa shape index (κ1) is 34.1. The summed E-state index contributed by atoms with van der Waals surface area (Å²) in [4.78, 5) is 10.9.